The van der Waals surface area contributed by atoms with Crippen LogP contribution in [0.2, 0.25) is 17.3 Å². The molecule has 0 atom stereocenters. The summed E-state index contributed by atoms with van der Waals surface area (Å²) in [5.74, 6) is 7.00. The minimum absolute atomic E-state index is 0.333. The molecule has 0 saturated carbocycles. The zero-order chi connectivity index (χ0) is 8.08. The van der Waals surface area contributed by atoms with Crippen LogP contribution in [0, 0.1) is 6.26 Å². The summed E-state index contributed by atoms with van der Waals surface area (Å²) < 4.78 is 10.1. The fourth-order valence-electron chi connectivity index (χ4n) is 0. The molecule has 1 radical (unpaired) electrons. The SMILES string of the molecule is [CH2-][S+](C)(C)=O.[CH3][Ge]([CH3])[CH3]. The molecule has 0 aliphatic carbocycles. The van der Waals surface area contributed by atoms with E-state index in [4.69, 9.17) is 0 Å². The van der Waals surface area contributed by atoms with Gasteiger partial charge >= 0.3 is 31.6 Å². The monoisotopic (exact) mass is 211 g/mol. The van der Waals surface area contributed by atoms with Gasteiger partial charge in [0.25, 0.3) is 0 Å². The van der Waals surface area contributed by atoms with Gasteiger partial charge in [-0.1, -0.05) is 9.93 Å². The Hall–Kier alpha value is 0.693. The summed E-state index contributed by atoms with van der Waals surface area (Å²) in [5.41, 5.74) is 0. The molecule has 0 aromatic rings. The molecule has 0 saturated heterocycles. The second-order valence-electron chi connectivity index (χ2n) is 2.94. The Kier molecular flexibility index (Phi) is 7.53. The van der Waals surface area contributed by atoms with Crippen LogP contribution in [0.4, 0.5) is 0 Å². The van der Waals surface area contributed by atoms with Crippen LogP contribution in [-0.4, -0.2) is 26.9 Å². The van der Waals surface area contributed by atoms with Crippen LogP contribution in [0.3, 0.4) is 0 Å². The van der Waals surface area contributed by atoms with Crippen molar-refractivity contribution >= 4 is 24.3 Å². The van der Waals surface area contributed by atoms with Crippen molar-refractivity contribution in [2.24, 2.45) is 0 Å². The molecule has 0 bridgehead atoms. The Bertz CT molecular complexity index is 84.2. The van der Waals surface area contributed by atoms with Crippen LogP contribution >= 0.6 is 0 Å². The molecule has 0 aliphatic heterocycles. The van der Waals surface area contributed by atoms with Gasteiger partial charge in [-0.05, 0) is 0 Å². The quantitative estimate of drug-likeness (QED) is 0.339. The summed E-state index contributed by atoms with van der Waals surface area (Å²) in [7, 11) is -1.67. The van der Waals surface area contributed by atoms with E-state index in [1.165, 1.54) is 0 Å². The summed E-state index contributed by atoms with van der Waals surface area (Å²) in [6, 6.07) is 0. The molecule has 0 aliphatic rings. The Morgan fingerprint density at radius 2 is 1.22 bits per heavy atom. The molecule has 0 rings (SSSR count). The van der Waals surface area contributed by atoms with Crippen LogP contribution in [0.15, 0.2) is 0 Å². The normalized spacial score (nSPS) is 10.6. The van der Waals surface area contributed by atoms with E-state index in [-0.39, 0.29) is 14.3 Å². The van der Waals surface area contributed by atoms with Gasteiger partial charge in [0.05, 0.1) is 12.5 Å². The van der Waals surface area contributed by atoms with Crippen LogP contribution in [-0.2, 0) is 14.1 Å². The molecule has 0 fully saturated rings. The van der Waals surface area contributed by atoms with Gasteiger partial charge in [-0.25, -0.2) is 0 Å². The van der Waals surface area contributed by atoms with Crippen LogP contribution in [0.1, 0.15) is 0 Å². The maximum atomic E-state index is 10.1. The van der Waals surface area contributed by atoms with Gasteiger partial charge in [-0.15, -0.1) is 10.5 Å². The van der Waals surface area contributed by atoms with Crippen LogP contribution in [0.5, 0.6) is 0 Å². The van der Waals surface area contributed by atoms with Crippen molar-refractivity contribution in [3.63, 3.8) is 0 Å². The summed E-state index contributed by atoms with van der Waals surface area (Å²) in [6.07, 6.45) is 6.51. The van der Waals surface area contributed by atoms with E-state index >= 15 is 0 Å². The maximum absolute atomic E-state index is 10.1. The molecule has 57 valence electrons. The predicted octanol–water partition coefficient (Wildman–Crippen LogP) is 1.91. The molecule has 0 N–H and O–H groups in total. The van der Waals surface area contributed by atoms with Gasteiger partial charge in [-0.3, -0.25) is 0 Å². The average molecular weight is 210 g/mol. The first-order valence-corrected chi connectivity index (χ1v) is 11.6. The van der Waals surface area contributed by atoms with Gasteiger partial charge < -0.3 is 0 Å². The van der Waals surface area contributed by atoms with Crippen molar-refractivity contribution in [3.05, 3.63) is 6.26 Å². The van der Waals surface area contributed by atoms with Crippen LogP contribution in [0.25, 0.3) is 0 Å². The Balaban J connectivity index is 0. The summed E-state index contributed by atoms with van der Waals surface area (Å²) in [6.45, 7) is 0. The van der Waals surface area contributed by atoms with Crippen molar-refractivity contribution in [2.75, 3.05) is 12.5 Å². The summed E-state index contributed by atoms with van der Waals surface area (Å²) >= 11 is -0.333. The fourth-order valence-corrected chi connectivity index (χ4v) is 0. The molecule has 0 aromatic carbocycles. The number of rotatable bonds is 0. The Labute approximate surface area is 64.8 Å². The Morgan fingerprint density at radius 3 is 1.22 bits per heavy atom. The van der Waals surface area contributed by atoms with Gasteiger partial charge in [-0.2, -0.15) is 0 Å². The van der Waals surface area contributed by atoms with E-state index < -0.39 is 9.93 Å². The third kappa shape index (κ3) is 811. The molecule has 0 heterocycles. The van der Waals surface area contributed by atoms with Crippen molar-refractivity contribution in [2.45, 2.75) is 17.3 Å². The molecular formula is C6H17GeOS. The third-order valence-corrected chi connectivity index (χ3v) is 0. The average Bonchev–Trinajstić information content (AvgIpc) is 1.19. The molecular weight excluding hydrogens is 193 g/mol. The minimum atomic E-state index is -1.67. The first-order valence-electron chi connectivity index (χ1n) is 2.77. The zero-order valence-corrected chi connectivity index (χ0v) is 9.94. The molecule has 0 aromatic heterocycles. The number of hydrogen-bond acceptors (Lipinski definition) is 1. The molecule has 0 unspecified atom stereocenters. The predicted molar refractivity (Wildman–Crippen MR) is 48.6 cm³/mol. The first-order chi connectivity index (χ1) is 3.73. The van der Waals surface area contributed by atoms with Crippen molar-refractivity contribution in [1.82, 2.24) is 0 Å². The number of hydrogen-bond donors (Lipinski definition) is 0. The van der Waals surface area contributed by atoms with Crippen LogP contribution < -0.4 is 0 Å². The Morgan fingerprint density at radius 1 is 1.22 bits per heavy atom. The van der Waals surface area contributed by atoms with E-state index in [1.807, 2.05) is 0 Å². The van der Waals surface area contributed by atoms with Crippen molar-refractivity contribution in [3.8, 4) is 0 Å². The second kappa shape index (κ2) is 5.48. The van der Waals surface area contributed by atoms with E-state index in [9.17, 15) is 4.21 Å². The first kappa shape index (κ1) is 12.4. The van der Waals surface area contributed by atoms with Gasteiger partial charge in [0.15, 0.2) is 0 Å². The zero-order valence-electron chi connectivity index (χ0n) is 7.02. The topological polar surface area (TPSA) is 17.1 Å². The molecule has 9 heavy (non-hydrogen) atoms. The van der Waals surface area contributed by atoms with Gasteiger partial charge in [0.2, 0.25) is 0 Å². The van der Waals surface area contributed by atoms with Gasteiger partial charge in [0, 0.05) is 0 Å². The van der Waals surface area contributed by atoms with E-state index in [0.29, 0.717) is 0 Å². The summed E-state index contributed by atoms with van der Waals surface area (Å²) in [5, 5.41) is 0. The molecule has 1 nitrogen and oxygen atoms in total. The third-order valence-electron chi connectivity index (χ3n) is 0. The second-order valence-corrected chi connectivity index (χ2v) is 12.1. The standard InChI is InChI=1S/C3H9Ge.C3H8OS/c1-4(2)3;1-5(2,3)4/h1-3H3;1H2,2-3H3. The van der Waals surface area contributed by atoms with Gasteiger partial charge in [0.1, 0.15) is 0 Å². The fraction of sp³-hybridized carbons (Fsp3) is 0.833. The van der Waals surface area contributed by atoms with E-state index in [0.717, 1.165) is 0 Å². The van der Waals surface area contributed by atoms with E-state index in [2.05, 4.69) is 23.5 Å². The molecule has 0 amide bonds. The van der Waals surface area contributed by atoms with E-state index in [1.54, 1.807) is 12.5 Å². The summed E-state index contributed by atoms with van der Waals surface area (Å²) in [4.78, 5) is 0. The van der Waals surface area contributed by atoms with Crippen molar-refractivity contribution in [1.29, 1.82) is 0 Å². The molecule has 3 heteroatoms. The van der Waals surface area contributed by atoms with Crippen molar-refractivity contribution < 1.29 is 4.21 Å². The molecule has 0 spiro atoms.